The fourth-order valence-electron chi connectivity index (χ4n) is 0.625. The summed E-state index contributed by atoms with van der Waals surface area (Å²) in [6, 6.07) is 2.63. The van der Waals surface area contributed by atoms with Crippen molar-refractivity contribution >= 4 is 17.8 Å². The molecule has 0 radical (unpaired) electrons. The van der Waals surface area contributed by atoms with Gasteiger partial charge in [-0.3, -0.25) is 10.1 Å². The lowest BCUT2D eigenvalue weighted by Crippen LogP contribution is -2.29. The lowest BCUT2D eigenvalue weighted by atomic mass is 10.3. The van der Waals surface area contributed by atoms with Gasteiger partial charge >= 0.3 is 6.09 Å². The lowest BCUT2D eigenvalue weighted by Gasteiger charge is -1.97. The summed E-state index contributed by atoms with van der Waals surface area (Å²) in [5, 5.41) is 16.6. The number of nitrogen functional groups attached to an aromatic ring is 1. The summed E-state index contributed by atoms with van der Waals surface area (Å²) in [4.78, 5) is 21.0. The van der Waals surface area contributed by atoms with Crippen molar-refractivity contribution in [2.45, 2.75) is 0 Å². The monoisotopic (exact) mass is 182 g/mol. The van der Waals surface area contributed by atoms with Gasteiger partial charge in [0.1, 0.15) is 5.82 Å². The van der Waals surface area contributed by atoms with E-state index in [1.165, 1.54) is 12.1 Å². The van der Waals surface area contributed by atoms with Gasteiger partial charge in [0.25, 0.3) is 5.91 Å². The molecule has 2 amide bonds. The fraction of sp³-hybridized carbons (Fsp3) is 0. The molecule has 0 unspecified atom stereocenters. The van der Waals surface area contributed by atoms with Gasteiger partial charge in [-0.05, 0) is 12.1 Å². The zero-order chi connectivity index (χ0) is 9.84. The molecule has 4 N–H and O–H groups in total. The van der Waals surface area contributed by atoms with Crippen LogP contribution in [0.15, 0.2) is 12.1 Å². The van der Waals surface area contributed by atoms with Crippen LogP contribution in [-0.4, -0.2) is 27.3 Å². The summed E-state index contributed by atoms with van der Waals surface area (Å²) in [5.41, 5.74) is 5.11. The number of aromatic nitrogens is 2. The van der Waals surface area contributed by atoms with Crippen molar-refractivity contribution in [2.24, 2.45) is 0 Å². The molecule has 1 rings (SSSR count). The zero-order valence-corrected chi connectivity index (χ0v) is 6.39. The number of amides is 2. The predicted octanol–water partition coefficient (Wildman–Crippen LogP) is -0.533. The first kappa shape index (κ1) is 8.91. The van der Waals surface area contributed by atoms with E-state index < -0.39 is 12.0 Å². The highest BCUT2D eigenvalue weighted by Gasteiger charge is 2.09. The van der Waals surface area contributed by atoms with Crippen molar-refractivity contribution in [3.63, 3.8) is 0 Å². The van der Waals surface area contributed by atoms with Gasteiger partial charge in [0.2, 0.25) is 0 Å². The Morgan fingerprint density at radius 1 is 1.38 bits per heavy atom. The molecular weight excluding hydrogens is 176 g/mol. The number of hydrogen-bond acceptors (Lipinski definition) is 5. The van der Waals surface area contributed by atoms with E-state index >= 15 is 0 Å². The van der Waals surface area contributed by atoms with Crippen molar-refractivity contribution in [3.8, 4) is 0 Å². The third kappa shape index (κ3) is 2.40. The van der Waals surface area contributed by atoms with E-state index in [1.807, 2.05) is 0 Å². The van der Waals surface area contributed by atoms with E-state index in [9.17, 15) is 9.59 Å². The second kappa shape index (κ2) is 3.48. The normalized spacial score (nSPS) is 9.23. The smallest absolute Gasteiger partial charge is 0.411 e. The van der Waals surface area contributed by atoms with Crippen LogP contribution in [-0.2, 0) is 0 Å². The van der Waals surface area contributed by atoms with Gasteiger partial charge in [-0.2, -0.15) is 0 Å². The quantitative estimate of drug-likeness (QED) is 0.537. The Balaban J connectivity index is 2.78. The molecule has 1 aromatic heterocycles. The maximum absolute atomic E-state index is 10.9. The third-order valence-electron chi connectivity index (χ3n) is 1.14. The summed E-state index contributed by atoms with van der Waals surface area (Å²) >= 11 is 0. The molecule has 1 aromatic rings. The Morgan fingerprint density at radius 3 is 2.54 bits per heavy atom. The molecule has 0 atom stereocenters. The Bertz CT molecular complexity index is 334. The summed E-state index contributed by atoms with van der Waals surface area (Å²) in [6.07, 6.45) is -1.44. The highest BCUT2D eigenvalue weighted by molar-refractivity contribution is 6.00. The van der Waals surface area contributed by atoms with Crippen LogP contribution in [0.25, 0.3) is 0 Å². The highest BCUT2D eigenvalue weighted by Crippen LogP contribution is 1.96. The number of carboxylic acid groups (broad SMARTS) is 1. The largest absolute Gasteiger partial charge is 0.465 e. The fourth-order valence-corrected chi connectivity index (χ4v) is 0.625. The van der Waals surface area contributed by atoms with Gasteiger partial charge in [-0.25, -0.2) is 4.79 Å². The van der Waals surface area contributed by atoms with Gasteiger partial charge in [0.15, 0.2) is 5.69 Å². The number of rotatable bonds is 1. The van der Waals surface area contributed by atoms with Crippen LogP contribution in [0.4, 0.5) is 10.6 Å². The minimum absolute atomic E-state index is 0.100. The summed E-state index contributed by atoms with van der Waals surface area (Å²) in [5.74, 6) is -0.674. The van der Waals surface area contributed by atoms with Crippen LogP contribution in [0.1, 0.15) is 10.5 Å². The van der Waals surface area contributed by atoms with Gasteiger partial charge < -0.3 is 10.8 Å². The molecular formula is C6H6N4O3. The molecule has 0 saturated carbocycles. The average molecular weight is 182 g/mol. The number of imide groups is 1. The Kier molecular flexibility index (Phi) is 2.38. The van der Waals surface area contributed by atoms with Crippen molar-refractivity contribution in [2.75, 3.05) is 5.73 Å². The van der Waals surface area contributed by atoms with Gasteiger partial charge in [0, 0.05) is 0 Å². The van der Waals surface area contributed by atoms with Gasteiger partial charge in [0.05, 0.1) is 0 Å². The molecule has 1 heterocycles. The van der Waals surface area contributed by atoms with Gasteiger partial charge in [-0.15, -0.1) is 10.2 Å². The standard InChI is InChI=1S/C6H6N4O3/c7-4-2-1-3(9-10-4)5(11)8-6(12)13/h1-2H,(H2,7,10)(H,8,11)(H,12,13). The van der Waals surface area contributed by atoms with Gasteiger partial charge in [-0.1, -0.05) is 0 Å². The maximum Gasteiger partial charge on any atom is 0.411 e. The number of hydrogen-bond donors (Lipinski definition) is 3. The minimum atomic E-state index is -1.44. The molecule has 0 aromatic carbocycles. The van der Waals surface area contributed by atoms with E-state index in [2.05, 4.69) is 10.2 Å². The van der Waals surface area contributed by atoms with Crippen LogP contribution < -0.4 is 11.1 Å². The lowest BCUT2D eigenvalue weighted by molar-refractivity contribution is 0.0942. The molecule has 0 saturated heterocycles. The maximum atomic E-state index is 10.9. The third-order valence-corrected chi connectivity index (χ3v) is 1.14. The summed E-state index contributed by atoms with van der Waals surface area (Å²) < 4.78 is 0. The number of nitrogens with one attached hydrogen (secondary N) is 1. The molecule has 0 aliphatic rings. The second-order valence-electron chi connectivity index (χ2n) is 2.10. The van der Waals surface area contributed by atoms with Crippen molar-refractivity contribution in [1.82, 2.24) is 15.5 Å². The molecule has 0 aliphatic carbocycles. The molecule has 7 nitrogen and oxygen atoms in total. The van der Waals surface area contributed by atoms with E-state index in [0.717, 1.165) is 0 Å². The SMILES string of the molecule is Nc1ccc(C(=O)NC(=O)O)nn1. The second-order valence-corrected chi connectivity index (χ2v) is 2.10. The average Bonchev–Trinajstić information content (AvgIpc) is 2.04. The van der Waals surface area contributed by atoms with E-state index in [1.54, 1.807) is 5.32 Å². The molecule has 0 spiro atoms. The number of nitrogens with zero attached hydrogens (tertiary/aromatic N) is 2. The Morgan fingerprint density at radius 2 is 2.08 bits per heavy atom. The topological polar surface area (TPSA) is 118 Å². The van der Waals surface area contributed by atoms with Crippen LogP contribution in [0, 0.1) is 0 Å². The van der Waals surface area contributed by atoms with E-state index in [-0.39, 0.29) is 11.5 Å². The Labute approximate surface area is 72.6 Å². The first-order valence-electron chi connectivity index (χ1n) is 3.23. The van der Waals surface area contributed by atoms with Crippen LogP contribution in [0.2, 0.25) is 0 Å². The first-order chi connectivity index (χ1) is 6.09. The van der Waals surface area contributed by atoms with E-state index in [0.29, 0.717) is 0 Å². The zero-order valence-electron chi connectivity index (χ0n) is 6.39. The first-order valence-corrected chi connectivity index (χ1v) is 3.23. The number of nitrogens with two attached hydrogens (primary N) is 1. The Hall–Kier alpha value is -2.18. The van der Waals surface area contributed by atoms with Crippen molar-refractivity contribution in [1.29, 1.82) is 0 Å². The summed E-state index contributed by atoms with van der Waals surface area (Å²) in [6.45, 7) is 0. The van der Waals surface area contributed by atoms with E-state index in [4.69, 9.17) is 10.8 Å². The molecule has 0 bridgehead atoms. The molecule has 68 valence electrons. The van der Waals surface area contributed by atoms with Crippen LogP contribution in [0.3, 0.4) is 0 Å². The van der Waals surface area contributed by atoms with Crippen LogP contribution in [0.5, 0.6) is 0 Å². The number of carbonyl (C=O) groups excluding carboxylic acids is 1. The van der Waals surface area contributed by atoms with Crippen molar-refractivity contribution < 1.29 is 14.7 Å². The number of carbonyl (C=O) groups is 2. The minimum Gasteiger partial charge on any atom is -0.465 e. The van der Waals surface area contributed by atoms with Crippen LogP contribution >= 0.6 is 0 Å². The molecule has 7 heteroatoms. The molecule has 0 fully saturated rings. The number of anilines is 1. The highest BCUT2D eigenvalue weighted by atomic mass is 16.4. The predicted molar refractivity (Wildman–Crippen MR) is 41.9 cm³/mol. The molecule has 0 aliphatic heterocycles. The van der Waals surface area contributed by atoms with Crippen molar-refractivity contribution in [3.05, 3.63) is 17.8 Å². The summed E-state index contributed by atoms with van der Waals surface area (Å²) in [7, 11) is 0. The molecule has 13 heavy (non-hydrogen) atoms.